The van der Waals surface area contributed by atoms with E-state index in [1.165, 1.54) is 0 Å². The Bertz CT molecular complexity index is 959. The molecule has 1 aliphatic rings. The summed E-state index contributed by atoms with van der Waals surface area (Å²) in [6, 6.07) is 15.7. The Balaban J connectivity index is 1.73. The summed E-state index contributed by atoms with van der Waals surface area (Å²) in [5.41, 5.74) is 6.95. The Kier molecular flexibility index (Phi) is 3.84. The van der Waals surface area contributed by atoms with E-state index in [4.69, 9.17) is 4.42 Å². The van der Waals surface area contributed by atoms with Crippen LogP contribution in [0.3, 0.4) is 0 Å². The van der Waals surface area contributed by atoms with Crippen molar-refractivity contribution in [2.75, 3.05) is 0 Å². The number of aromatic nitrogens is 1. The van der Waals surface area contributed by atoms with E-state index >= 15 is 0 Å². The molecule has 0 saturated heterocycles. The molecule has 0 aliphatic carbocycles. The fourth-order valence-electron chi connectivity index (χ4n) is 3.37. The van der Waals surface area contributed by atoms with Crippen LogP contribution in [0.2, 0.25) is 0 Å². The van der Waals surface area contributed by atoms with Crippen LogP contribution >= 0.6 is 0 Å². The van der Waals surface area contributed by atoms with Crippen molar-refractivity contribution in [2.45, 2.75) is 20.3 Å². The van der Waals surface area contributed by atoms with Gasteiger partial charge < -0.3 is 4.42 Å². The highest BCUT2D eigenvalue weighted by molar-refractivity contribution is 6.07. The molecule has 1 N–H and O–H groups in total. The normalized spacial score (nSPS) is 20.4. The van der Waals surface area contributed by atoms with Gasteiger partial charge in [0.15, 0.2) is 5.58 Å². The predicted molar refractivity (Wildman–Crippen MR) is 97.1 cm³/mol. The van der Waals surface area contributed by atoms with Gasteiger partial charge in [0.2, 0.25) is 11.8 Å². The highest BCUT2D eigenvalue weighted by Gasteiger charge is 2.31. The van der Waals surface area contributed by atoms with Crippen LogP contribution in [0.1, 0.15) is 25.8 Å². The van der Waals surface area contributed by atoms with Gasteiger partial charge >= 0.3 is 0 Å². The summed E-state index contributed by atoms with van der Waals surface area (Å²) in [7, 11) is 0. The standard InChI is InChI=1S/C20H19N3O2/c1-3-15-12(2)18(22-23-19(15)24)14-9-10-16-17(11-14)25-20(21-16)13-7-5-4-6-8-13/h4-12,15H,3H2,1-2H3,(H,23,24)/t12-,15+/m1/s1. The molecule has 0 unspecified atom stereocenters. The number of carbonyl (C=O) groups is 1. The fraction of sp³-hybridized carbons (Fsp3) is 0.250. The molecule has 1 aliphatic heterocycles. The first-order valence-electron chi connectivity index (χ1n) is 8.51. The zero-order valence-corrected chi connectivity index (χ0v) is 14.2. The lowest BCUT2D eigenvalue weighted by Gasteiger charge is -2.27. The maximum Gasteiger partial charge on any atom is 0.243 e. The molecule has 0 saturated carbocycles. The maximum absolute atomic E-state index is 11.9. The number of nitrogens with zero attached hydrogens (tertiary/aromatic N) is 2. The van der Waals surface area contributed by atoms with Crippen molar-refractivity contribution in [1.82, 2.24) is 10.4 Å². The number of nitrogens with one attached hydrogen (secondary N) is 1. The van der Waals surface area contributed by atoms with Gasteiger partial charge in [-0.25, -0.2) is 10.4 Å². The molecule has 25 heavy (non-hydrogen) atoms. The van der Waals surface area contributed by atoms with E-state index in [-0.39, 0.29) is 17.7 Å². The summed E-state index contributed by atoms with van der Waals surface area (Å²) in [5, 5.41) is 4.29. The monoisotopic (exact) mass is 333 g/mol. The zero-order chi connectivity index (χ0) is 17.4. The molecule has 1 aromatic heterocycles. The third-order valence-electron chi connectivity index (χ3n) is 4.80. The summed E-state index contributed by atoms with van der Waals surface area (Å²) in [4.78, 5) is 16.5. The number of hydrazone groups is 1. The first-order valence-corrected chi connectivity index (χ1v) is 8.51. The van der Waals surface area contributed by atoms with E-state index in [0.717, 1.165) is 34.4 Å². The van der Waals surface area contributed by atoms with Gasteiger partial charge in [-0.2, -0.15) is 5.10 Å². The van der Waals surface area contributed by atoms with Crippen molar-refractivity contribution >= 4 is 22.7 Å². The molecule has 2 atom stereocenters. The lowest BCUT2D eigenvalue weighted by molar-refractivity contribution is -0.126. The van der Waals surface area contributed by atoms with Crippen molar-refractivity contribution in [3.63, 3.8) is 0 Å². The second-order valence-corrected chi connectivity index (χ2v) is 6.34. The maximum atomic E-state index is 11.9. The molecule has 2 heterocycles. The SMILES string of the molecule is CC[C@@H]1C(=O)NN=C(c2ccc3nc(-c4ccccc4)oc3c2)[C@@H]1C. The highest BCUT2D eigenvalue weighted by atomic mass is 16.3. The average Bonchev–Trinajstić information content (AvgIpc) is 3.06. The van der Waals surface area contributed by atoms with Gasteiger partial charge in [0.05, 0.1) is 5.71 Å². The molecule has 0 fully saturated rings. The molecular weight excluding hydrogens is 314 g/mol. The van der Waals surface area contributed by atoms with E-state index in [1.54, 1.807) is 0 Å². The molecule has 1 amide bonds. The minimum Gasteiger partial charge on any atom is -0.436 e. The van der Waals surface area contributed by atoms with E-state index in [9.17, 15) is 4.79 Å². The fourth-order valence-corrected chi connectivity index (χ4v) is 3.37. The molecule has 0 spiro atoms. The van der Waals surface area contributed by atoms with Gasteiger partial charge in [-0.05, 0) is 30.7 Å². The lowest BCUT2D eigenvalue weighted by Crippen LogP contribution is -2.40. The Morgan fingerprint density at radius 3 is 2.68 bits per heavy atom. The number of amides is 1. The van der Waals surface area contributed by atoms with Gasteiger partial charge in [0.25, 0.3) is 0 Å². The number of benzene rings is 2. The molecule has 0 radical (unpaired) electrons. The first-order chi connectivity index (χ1) is 12.2. The number of rotatable bonds is 3. The van der Waals surface area contributed by atoms with Crippen LogP contribution in [0.15, 0.2) is 58.0 Å². The van der Waals surface area contributed by atoms with E-state index < -0.39 is 0 Å². The number of carbonyl (C=O) groups excluding carboxylic acids is 1. The molecule has 0 bridgehead atoms. The van der Waals surface area contributed by atoms with Gasteiger partial charge in [0, 0.05) is 23.0 Å². The van der Waals surface area contributed by atoms with Crippen LogP contribution in [0.25, 0.3) is 22.6 Å². The summed E-state index contributed by atoms with van der Waals surface area (Å²) in [5.74, 6) is 0.600. The smallest absolute Gasteiger partial charge is 0.243 e. The first kappa shape index (κ1) is 15.6. The molecule has 5 nitrogen and oxygen atoms in total. The highest BCUT2D eigenvalue weighted by Crippen LogP contribution is 2.28. The van der Waals surface area contributed by atoms with Crippen LogP contribution in [0, 0.1) is 11.8 Å². The molecule has 4 rings (SSSR count). The molecule has 5 heteroatoms. The summed E-state index contributed by atoms with van der Waals surface area (Å²) in [6.07, 6.45) is 0.786. The number of fused-ring (bicyclic) bond motifs is 1. The third kappa shape index (κ3) is 2.71. The molecule has 2 aromatic carbocycles. The summed E-state index contributed by atoms with van der Waals surface area (Å²) < 4.78 is 5.94. The lowest BCUT2D eigenvalue weighted by atomic mass is 9.83. The summed E-state index contributed by atoms with van der Waals surface area (Å²) >= 11 is 0. The average molecular weight is 333 g/mol. The van der Waals surface area contributed by atoms with Crippen LogP contribution in [0.5, 0.6) is 0 Å². The molecule has 3 aromatic rings. The van der Waals surface area contributed by atoms with Gasteiger partial charge in [-0.1, -0.05) is 38.1 Å². The minimum atomic E-state index is -0.0576. The largest absolute Gasteiger partial charge is 0.436 e. The Morgan fingerprint density at radius 2 is 1.92 bits per heavy atom. The van der Waals surface area contributed by atoms with Crippen LogP contribution in [-0.4, -0.2) is 16.6 Å². The Labute approximate surface area is 145 Å². The Morgan fingerprint density at radius 1 is 1.12 bits per heavy atom. The predicted octanol–water partition coefficient (Wildman–Crippen LogP) is 3.99. The van der Waals surface area contributed by atoms with Crippen LogP contribution < -0.4 is 5.43 Å². The molecule has 126 valence electrons. The van der Waals surface area contributed by atoms with E-state index in [2.05, 4.69) is 15.5 Å². The zero-order valence-electron chi connectivity index (χ0n) is 14.2. The van der Waals surface area contributed by atoms with Gasteiger partial charge in [0.1, 0.15) is 5.52 Å². The Hall–Kier alpha value is -2.95. The van der Waals surface area contributed by atoms with Crippen LogP contribution in [0.4, 0.5) is 0 Å². The summed E-state index contributed by atoms with van der Waals surface area (Å²) in [6.45, 7) is 4.07. The second-order valence-electron chi connectivity index (χ2n) is 6.34. The van der Waals surface area contributed by atoms with Gasteiger partial charge in [-0.3, -0.25) is 4.79 Å². The van der Waals surface area contributed by atoms with Gasteiger partial charge in [-0.15, -0.1) is 0 Å². The van der Waals surface area contributed by atoms with Crippen LogP contribution in [-0.2, 0) is 4.79 Å². The van der Waals surface area contributed by atoms with Crippen molar-refractivity contribution in [2.24, 2.45) is 16.9 Å². The number of hydrogen-bond acceptors (Lipinski definition) is 4. The van der Waals surface area contributed by atoms with Crippen molar-refractivity contribution in [1.29, 1.82) is 0 Å². The van der Waals surface area contributed by atoms with Crippen molar-refractivity contribution < 1.29 is 9.21 Å². The van der Waals surface area contributed by atoms with Crippen molar-refractivity contribution in [3.8, 4) is 11.5 Å². The minimum absolute atomic E-state index is 0.00847. The van der Waals surface area contributed by atoms with Crippen molar-refractivity contribution in [3.05, 3.63) is 54.1 Å². The van der Waals surface area contributed by atoms with E-state index in [1.807, 2.05) is 62.4 Å². The number of oxazole rings is 1. The topological polar surface area (TPSA) is 67.5 Å². The quantitative estimate of drug-likeness (QED) is 0.788. The second kappa shape index (κ2) is 6.16. The number of hydrogen-bond donors (Lipinski definition) is 1. The third-order valence-corrected chi connectivity index (χ3v) is 4.80. The van der Waals surface area contributed by atoms with E-state index in [0.29, 0.717) is 5.89 Å². The molecular formula is C20H19N3O2.